The summed E-state index contributed by atoms with van der Waals surface area (Å²) in [7, 11) is 0. The molecule has 2 heteroatoms. The van der Waals surface area contributed by atoms with Gasteiger partial charge in [-0.3, -0.25) is 4.90 Å². The molecule has 2 nitrogen and oxygen atoms in total. The van der Waals surface area contributed by atoms with Crippen LogP contribution in [0.2, 0.25) is 0 Å². The molecule has 2 aliphatic carbocycles. The van der Waals surface area contributed by atoms with Gasteiger partial charge in [0.15, 0.2) is 0 Å². The number of nitrogens with two attached hydrogens (primary N) is 1. The van der Waals surface area contributed by atoms with Gasteiger partial charge in [0.2, 0.25) is 0 Å². The maximum atomic E-state index is 6.39. The van der Waals surface area contributed by atoms with Crippen LogP contribution in [-0.4, -0.2) is 30.1 Å². The van der Waals surface area contributed by atoms with Gasteiger partial charge in [0, 0.05) is 25.2 Å². The molecule has 2 N–H and O–H groups in total. The van der Waals surface area contributed by atoms with E-state index in [4.69, 9.17) is 5.73 Å². The van der Waals surface area contributed by atoms with Gasteiger partial charge in [-0.05, 0) is 43.9 Å². The normalized spacial score (nSPS) is 36.0. The van der Waals surface area contributed by atoms with Crippen LogP contribution in [0.15, 0.2) is 0 Å². The number of hydrogen-bond donors (Lipinski definition) is 1. The zero-order valence-corrected chi connectivity index (χ0v) is 11.3. The maximum absolute atomic E-state index is 6.39. The molecule has 98 valence electrons. The molecule has 0 aromatic rings. The molecule has 17 heavy (non-hydrogen) atoms. The largest absolute Gasteiger partial charge is 0.326 e. The Morgan fingerprint density at radius 3 is 2.35 bits per heavy atom. The Hall–Kier alpha value is -0.0800. The van der Waals surface area contributed by atoms with Gasteiger partial charge in [-0.1, -0.05) is 25.7 Å². The molecule has 2 unspecified atom stereocenters. The Kier molecular flexibility index (Phi) is 3.20. The first kappa shape index (κ1) is 12.0. The molecule has 2 saturated carbocycles. The summed E-state index contributed by atoms with van der Waals surface area (Å²) in [5.74, 6) is 0.950. The molecule has 1 saturated heterocycles. The average molecular weight is 236 g/mol. The zero-order valence-electron chi connectivity index (χ0n) is 11.3. The molecule has 3 rings (SSSR count). The van der Waals surface area contributed by atoms with Crippen LogP contribution in [0.25, 0.3) is 0 Å². The van der Waals surface area contributed by atoms with Crippen LogP contribution in [0.5, 0.6) is 0 Å². The molecule has 0 aromatic carbocycles. The molecule has 0 radical (unpaired) electrons. The lowest BCUT2D eigenvalue weighted by molar-refractivity contribution is 0.0953. The standard InChI is InChI=1S/C15H28N2/c1-12(13-6-3-2-4-7-13)17-10-14(16)15(11-17)8-5-9-15/h12-14H,2-11,16H2,1H3. The van der Waals surface area contributed by atoms with Gasteiger partial charge in [-0.15, -0.1) is 0 Å². The second-order valence-electron chi connectivity index (χ2n) is 6.89. The highest BCUT2D eigenvalue weighted by Crippen LogP contribution is 2.48. The van der Waals surface area contributed by atoms with Crippen LogP contribution in [0.3, 0.4) is 0 Å². The molecular formula is C15H28N2. The summed E-state index contributed by atoms with van der Waals surface area (Å²) in [4.78, 5) is 2.72. The van der Waals surface area contributed by atoms with Gasteiger partial charge in [0.05, 0.1) is 0 Å². The minimum absolute atomic E-state index is 0.460. The van der Waals surface area contributed by atoms with Crippen LogP contribution >= 0.6 is 0 Å². The highest BCUT2D eigenvalue weighted by Gasteiger charge is 2.49. The van der Waals surface area contributed by atoms with E-state index in [1.807, 2.05) is 0 Å². The van der Waals surface area contributed by atoms with Crippen LogP contribution < -0.4 is 5.73 Å². The quantitative estimate of drug-likeness (QED) is 0.799. The van der Waals surface area contributed by atoms with Gasteiger partial charge in [-0.2, -0.15) is 0 Å². The Labute approximate surface area is 106 Å². The maximum Gasteiger partial charge on any atom is 0.0237 e. The van der Waals surface area contributed by atoms with Gasteiger partial charge >= 0.3 is 0 Å². The average Bonchev–Trinajstić information content (AvgIpc) is 2.67. The van der Waals surface area contributed by atoms with E-state index in [1.54, 1.807) is 0 Å². The first-order chi connectivity index (χ1) is 8.21. The van der Waals surface area contributed by atoms with Crippen molar-refractivity contribution in [3.05, 3.63) is 0 Å². The van der Waals surface area contributed by atoms with Crippen molar-refractivity contribution >= 4 is 0 Å². The fourth-order valence-electron chi connectivity index (χ4n) is 4.42. The van der Waals surface area contributed by atoms with Crippen molar-refractivity contribution in [3.8, 4) is 0 Å². The van der Waals surface area contributed by atoms with Crippen molar-refractivity contribution in [2.45, 2.75) is 70.4 Å². The summed E-state index contributed by atoms with van der Waals surface area (Å²) in [6, 6.07) is 1.24. The molecule has 0 amide bonds. The number of nitrogens with zero attached hydrogens (tertiary/aromatic N) is 1. The van der Waals surface area contributed by atoms with Crippen LogP contribution in [0, 0.1) is 11.3 Å². The van der Waals surface area contributed by atoms with Gasteiger partial charge in [0.25, 0.3) is 0 Å². The molecule has 2 atom stereocenters. The molecule has 0 aromatic heterocycles. The van der Waals surface area contributed by atoms with E-state index in [0.717, 1.165) is 18.5 Å². The van der Waals surface area contributed by atoms with E-state index in [-0.39, 0.29) is 0 Å². The fraction of sp³-hybridized carbons (Fsp3) is 1.00. The highest BCUT2D eigenvalue weighted by molar-refractivity contribution is 5.05. The van der Waals surface area contributed by atoms with Crippen LogP contribution in [0.1, 0.15) is 58.3 Å². The van der Waals surface area contributed by atoms with E-state index in [9.17, 15) is 0 Å². The Morgan fingerprint density at radius 1 is 1.12 bits per heavy atom. The van der Waals surface area contributed by atoms with Crippen molar-refractivity contribution in [1.29, 1.82) is 0 Å². The third-order valence-corrected chi connectivity index (χ3v) is 5.99. The van der Waals surface area contributed by atoms with Crippen molar-refractivity contribution in [3.63, 3.8) is 0 Å². The van der Waals surface area contributed by atoms with E-state index in [1.165, 1.54) is 57.9 Å². The lowest BCUT2D eigenvalue weighted by Gasteiger charge is -2.42. The van der Waals surface area contributed by atoms with Gasteiger partial charge in [0.1, 0.15) is 0 Å². The molecule has 1 spiro atoms. The monoisotopic (exact) mass is 236 g/mol. The Balaban J connectivity index is 1.61. The second-order valence-corrected chi connectivity index (χ2v) is 6.89. The van der Waals surface area contributed by atoms with E-state index < -0.39 is 0 Å². The summed E-state index contributed by atoms with van der Waals surface area (Å²) < 4.78 is 0. The SMILES string of the molecule is CC(C1CCCCC1)N1CC(N)C2(CCC2)C1. The highest BCUT2D eigenvalue weighted by atomic mass is 15.2. The molecule has 3 fully saturated rings. The number of hydrogen-bond acceptors (Lipinski definition) is 2. The Morgan fingerprint density at radius 2 is 1.82 bits per heavy atom. The van der Waals surface area contributed by atoms with Gasteiger partial charge in [-0.25, -0.2) is 0 Å². The van der Waals surface area contributed by atoms with Crippen LogP contribution in [0.4, 0.5) is 0 Å². The summed E-state index contributed by atoms with van der Waals surface area (Å²) in [5, 5.41) is 0. The number of rotatable bonds is 2. The summed E-state index contributed by atoms with van der Waals surface area (Å²) in [6.07, 6.45) is 11.5. The van der Waals surface area contributed by atoms with Crippen molar-refractivity contribution in [2.24, 2.45) is 17.1 Å². The van der Waals surface area contributed by atoms with E-state index in [0.29, 0.717) is 11.5 Å². The lowest BCUT2D eigenvalue weighted by atomic mass is 9.66. The first-order valence-corrected chi connectivity index (χ1v) is 7.71. The van der Waals surface area contributed by atoms with Crippen molar-refractivity contribution in [2.75, 3.05) is 13.1 Å². The number of likely N-dealkylation sites (tertiary alicyclic amines) is 1. The molecule has 3 aliphatic rings. The molecule has 1 heterocycles. The Bertz CT molecular complexity index is 266. The minimum atomic E-state index is 0.460. The zero-order chi connectivity index (χ0) is 11.9. The van der Waals surface area contributed by atoms with E-state index in [2.05, 4.69) is 11.8 Å². The lowest BCUT2D eigenvalue weighted by Crippen LogP contribution is -2.45. The fourth-order valence-corrected chi connectivity index (χ4v) is 4.42. The summed E-state index contributed by atoms with van der Waals surface area (Å²) in [5.41, 5.74) is 6.92. The summed E-state index contributed by atoms with van der Waals surface area (Å²) in [6.45, 7) is 4.92. The third-order valence-electron chi connectivity index (χ3n) is 5.99. The van der Waals surface area contributed by atoms with Crippen molar-refractivity contribution in [1.82, 2.24) is 4.90 Å². The predicted molar refractivity (Wildman–Crippen MR) is 71.9 cm³/mol. The smallest absolute Gasteiger partial charge is 0.0237 e. The topological polar surface area (TPSA) is 29.3 Å². The molecular weight excluding hydrogens is 208 g/mol. The van der Waals surface area contributed by atoms with Crippen LogP contribution in [-0.2, 0) is 0 Å². The third kappa shape index (κ3) is 2.04. The minimum Gasteiger partial charge on any atom is -0.326 e. The van der Waals surface area contributed by atoms with Crippen molar-refractivity contribution < 1.29 is 0 Å². The summed E-state index contributed by atoms with van der Waals surface area (Å²) >= 11 is 0. The predicted octanol–water partition coefficient (Wildman–Crippen LogP) is 2.77. The first-order valence-electron chi connectivity index (χ1n) is 7.71. The molecule has 1 aliphatic heterocycles. The van der Waals surface area contributed by atoms with Gasteiger partial charge < -0.3 is 5.73 Å². The van der Waals surface area contributed by atoms with E-state index >= 15 is 0 Å². The second kappa shape index (κ2) is 4.55. The molecule has 0 bridgehead atoms.